The quantitative estimate of drug-likeness (QED) is 0.518. The molecule has 0 amide bonds. The molecular weight excluding hydrogens is 360 g/mol. The minimum Gasteiger partial charge on any atom is -0.457 e. The molecule has 4 nitrogen and oxygen atoms in total. The molecule has 1 fully saturated rings. The number of ether oxygens (including phenoxy) is 1. The van der Waals surface area contributed by atoms with Crippen LogP contribution in [0.25, 0.3) is 10.9 Å². The zero-order chi connectivity index (χ0) is 20.6. The lowest BCUT2D eigenvalue weighted by molar-refractivity contribution is 0.0864. The highest BCUT2D eigenvalue weighted by molar-refractivity contribution is 5.96. The number of ketones is 1. The summed E-state index contributed by atoms with van der Waals surface area (Å²) in [6.07, 6.45) is 4.55. The molecule has 2 N–H and O–H groups in total. The second kappa shape index (κ2) is 7.34. The summed E-state index contributed by atoms with van der Waals surface area (Å²) in [5.41, 5.74) is 1.96. The number of aromatic amines is 1. The van der Waals surface area contributed by atoms with Gasteiger partial charge < -0.3 is 15.0 Å². The smallest absolute Gasteiger partial charge is 0.163 e. The maximum Gasteiger partial charge on any atom is 0.163 e. The number of hydrogen-bond acceptors (Lipinski definition) is 3. The molecule has 0 unspecified atom stereocenters. The van der Waals surface area contributed by atoms with Gasteiger partial charge in [0.1, 0.15) is 11.5 Å². The van der Waals surface area contributed by atoms with E-state index in [1.165, 1.54) is 0 Å². The van der Waals surface area contributed by atoms with Gasteiger partial charge in [0.2, 0.25) is 0 Å². The number of carbonyl (C=O) groups excluding carboxylic acids is 1. The van der Waals surface area contributed by atoms with E-state index in [2.05, 4.69) is 38.0 Å². The van der Waals surface area contributed by atoms with E-state index in [-0.39, 0.29) is 16.9 Å². The maximum absolute atomic E-state index is 12.9. The summed E-state index contributed by atoms with van der Waals surface area (Å²) >= 11 is 0. The molecule has 0 radical (unpaired) electrons. The zero-order valence-electron chi connectivity index (χ0n) is 17.7. The van der Waals surface area contributed by atoms with Crippen LogP contribution in [0, 0.1) is 5.92 Å². The molecule has 0 spiro atoms. The molecule has 1 saturated heterocycles. The topological polar surface area (TPSA) is 54.1 Å². The zero-order valence-corrected chi connectivity index (χ0v) is 17.7. The van der Waals surface area contributed by atoms with Gasteiger partial charge >= 0.3 is 0 Å². The van der Waals surface area contributed by atoms with E-state index >= 15 is 0 Å². The molecule has 4 heteroatoms. The van der Waals surface area contributed by atoms with Crippen molar-refractivity contribution >= 4 is 16.7 Å². The van der Waals surface area contributed by atoms with Crippen molar-refractivity contribution in [3.8, 4) is 11.5 Å². The Kier molecular flexibility index (Phi) is 4.99. The Morgan fingerprint density at radius 2 is 1.62 bits per heavy atom. The Hall–Kier alpha value is -2.59. The van der Waals surface area contributed by atoms with Crippen molar-refractivity contribution in [1.29, 1.82) is 0 Å². The minimum absolute atomic E-state index is 0.0605. The summed E-state index contributed by atoms with van der Waals surface area (Å²) in [6, 6.07) is 15.5. The predicted molar refractivity (Wildman–Crippen MR) is 118 cm³/mol. The second-order valence-corrected chi connectivity index (χ2v) is 9.65. The Labute approximate surface area is 172 Å². The molecule has 0 bridgehead atoms. The van der Waals surface area contributed by atoms with Crippen LogP contribution in [0.15, 0.2) is 54.7 Å². The predicted octanol–water partition coefficient (Wildman–Crippen LogP) is 6.09. The van der Waals surface area contributed by atoms with Crippen LogP contribution in [0.3, 0.4) is 0 Å². The highest BCUT2D eigenvalue weighted by Gasteiger charge is 2.38. The van der Waals surface area contributed by atoms with Crippen LogP contribution in [0.1, 0.15) is 57.3 Å². The van der Waals surface area contributed by atoms with E-state index in [1.807, 2.05) is 54.7 Å². The van der Waals surface area contributed by atoms with Gasteiger partial charge in [-0.3, -0.25) is 4.79 Å². The molecule has 2 aromatic carbocycles. The molecular formula is C25H30N2O2. The number of aromatic nitrogens is 1. The third kappa shape index (κ3) is 4.70. The van der Waals surface area contributed by atoms with Crippen molar-refractivity contribution in [3.05, 3.63) is 60.3 Å². The van der Waals surface area contributed by atoms with E-state index in [4.69, 9.17) is 4.74 Å². The van der Waals surface area contributed by atoms with E-state index in [0.29, 0.717) is 12.3 Å². The summed E-state index contributed by atoms with van der Waals surface area (Å²) in [6.45, 7) is 8.90. The highest BCUT2D eigenvalue weighted by Crippen LogP contribution is 2.35. The van der Waals surface area contributed by atoms with Gasteiger partial charge in [0.15, 0.2) is 5.78 Å². The lowest BCUT2D eigenvalue weighted by Gasteiger charge is -2.46. The summed E-state index contributed by atoms with van der Waals surface area (Å²) in [5.74, 6) is 2.14. The number of Topliss-reactive ketones (excluding diaryl/α,β-unsaturated/α-hetero) is 1. The molecule has 0 atom stereocenters. The number of nitrogens with one attached hydrogen (secondary N) is 2. The van der Waals surface area contributed by atoms with Gasteiger partial charge in [-0.1, -0.05) is 0 Å². The Morgan fingerprint density at radius 3 is 2.31 bits per heavy atom. The second-order valence-electron chi connectivity index (χ2n) is 9.65. The van der Waals surface area contributed by atoms with E-state index in [9.17, 15) is 4.79 Å². The fourth-order valence-electron chi connectivity index (χ4n) is 5.00. The number of H-pyrrole nitrogens is 1. The normalized spacial score (nSPS) is 18.6. The number of carbonyl (C=O) groups is 1. The summed E-state index contributed by atoms with van der Waals surface area (Å²) < 4.78 is 5.96. The molecule has 1 aromatic heterocycles. The first kappa shape index (κ1) is 19.7. The van der Waals surface area contributed by atoms with Crippen LogP contribution < -0.4 is 10.1 Å². The molecule has 4 rings (SSSR count). The molecule has 0 aliphatic carbocycles. The molecule has 1 aliphatic rings. The van der Waals surface area contributed by atoms with Crippen LogP contribution in [0.5, 0.6) is 11.5 Å². The third-order valence-corrected chi connectivity index (χ3v) is 5.69. The van der Waals surface area contributed by atoms with Crippen LogP contribution in [-0.4, -0.2) is 21.8 Å². The molecule has 3 aromatic rings. The SMILES string of the molecule is CC1(C)CC(CC(=O)c2ccc(Oc3ccc4[nH]ccc4c3)cc2)CC(C)(C)N1. The fraction of sp³-hybridized carbons (Fsp3) is 0.400. The van der Waals surface area contributed by atoms with Crippen molar-refractivity contribution in [2.45, 2.75) is 58.0 Å². The number of benzene rings is 2. The van der Waals surface area contributed by atoms with Crippen LogP contribution in [0.2, 0.25) is 0 Å². The summed E-state index contributed by atoms with van der Waals surface area (Å²) in [7, 11) is 0. The fourth-order valence-corrected chi connectivity index (χ4v) is 5.00. The van der Waals surface area contributed by atoms with E-state index in [0.717, 1.165) is 40.8 Å². The van der Waals surface area contributed by atoms with Gasteiger partial charge in [-0.25, -0.2) is 0 Å². The third-order valence-electron chi connectivity index (χ3n) is 5.69. The summed E-state index contributed by atoms with van der Waals surface area (Å²) in [5, 5.41) is 4.80. The van der Waals surface area contributed by atoms with E-state index < -0.39 is 0 Å². The molecule has 29 heavy (non-hydrogen) atoms. The van der Waals surface area contributed by atoms with Crippen molar-refractivity contribution in [1.82, 2.24) is 10.3 Å². The molecule has 1 aliphatic heterocycles. The van der Waals surface area contributed by atoms with Crippen LogP contribution in [0.4, 0.5) is 0 Å². The van der Waals surface area contributed by atoms with Crippen LogP contribution >= 0.6 is 0 Å². The average molecular weight is 391 g/mol. The monoisotopic (exact) mass is 390 g/mol. The van der Waals surface area contributed by atoms with Gasteiger partial charge in [-0.05, 0) is 95.0 Å². The molecule has 152 valence electrons. The number of hydrogen-bond donors (Lipinski definition) is 2. The first-order valence-corrected chi connectivity index (χ1v) is 10.4. The minimum atomic E-state index is 0.0605. The highest BCUT2D eigenvalue weighted by atomic mass is 16.5. The number of piperidine rings is 1. The van der Waals surface area contributed by atoms with Gasteiger partial charge in [-0.15, -0.1) is 0 Å². The molecule has 0 saturated carbocycles. The Balaban J connectivity index is 1.41. The first-order valence-electron chi connectivity index (χ1n) is 10.4. The standard InChI is InChI=1S/C25H30N2O2/c1-24(2)15-17(16-25(3,4)27-24)13-23(28)18-5-7-20(8-6-18)29-21-9-10-22-19(14-21)11-12-26-22/h5-12,14,17,26-27H,13,15-16H2,1-4H3. The van der Waals surface area contributed by atoms with Gasteiger partial charge in [-0.2, -0.15) is 0 Å². The van der Waals surface area contributed by atoms with Crippen molar-refractivity contribution in [2.75, 3.05) is 0 Å². The van der Waals surface area contributed by atoms with Gasteiger partial charge in [0.25, 0.3) is 0 Å². The van der Waals surface area contributed by atoms with Gasteiger partial charge in [0, 0.05) is 40.2 Å². The largest absolute Gasteiger partial charge is 0.457 e. The number of fused-ring (bicyclic) bond motifs is 1. The first-order chi connectivity index (χ1) is 13.7. The summed E-state index contributed by atoms with van der Waals surface area (Å²) in [4.78, 5) is 16.0. The maximum atomic E-state index is 12.9. The van der Waals surface area contributed by atoms with Crippen molar-refractivity contribution in [2.24, 2.45) is 5.92 Å². The van der Waals surface area contributed by atoms with Gasteiger partial charge in [0.05, 0.1) is 0 Å². The Morgan fingerprint density at radius 1 is 0.966 bits per heavy atom. The van der Waals surface area contributed by atoms with Crippen molar-refractivity contribution < 1.29 is 9.53 Å². The van der Waals surface area contributed by atoms with Crippen LogP contribution in [-0.2, 0) is 0 Å². The Bertz CT molecular complexity index is 999. The van der Waals surface area contributed by atoms with E-state index in [1.54, 1.807) is 0 Å². The van der Waals surface area contributed by atoms with Crippen molar-refractivity contribution in [3.63, 3.8) is 0 Å². The lowest BCUT2D eigenvalue weighted by atomic mass is 9.74. The lowest BCUT2D eigenvalue weighted by Crippen LogP contribution is -2.57. The number of rotatable bonds is 5. The average Bonchev–Trinajstić information content (AvgIpc) is 3.07. The molecule has 2 heterocycles.